The van der Waals surface area contributed by atoms with Gasteiger partial charge in [0.1, 0.15) is 18.2 Å². The first-order valence-electron chi connectivity index (χ1n) is 7.15. The number of primary sulfonamides is 1. The van der Waals surface area contributed by atoms with Crippen LogP contribution in [0.3, 0.4) is 0 Å². The Morgan fingerprint density at radius 3 is 2.35 bits per heavy atom. The number of nitrogens with zero attached hydrogens (tertiary/aromatic N) is 1. The summed E-state index contributed by atoms with van der Waals surface area (Å²) < 4.78 is 55.8. The molecule has 2 aromatic rings. The molecule has 0 saturated heterocycles. The van der Waals surface area contributed by atoms with Crippen molar-refractivity contribution in [3.63, 3.8) is 0 Å². The van der Waals surface area contributed by atoms with Crippen molar-refractivity contribution in [2.75, 3.05) is 6.61 Å². The quantitative estimate of drug-likeness (QED) is 0.824. The molecule has 3 rings (SSSR count). The summed E-state index contributed by atoms with van der Waals surface area (Å²) >= 11 is 0. The summed E-state index contributed by atoms with van der Waals surface area (Å²) in [4.78, 5) is 10.8. The molecule has 0 radical (unpaired) electrons. The zero-order valence-electron chi connectivity index (χ0n) is 13.0. The molecule has 0 aliphatic carbocycles. The van der Waals surface area contributed by atoms with E-state index in [9.17, 15) is 22.0 Å². The average molecular weight is 376 g/mol. The zero-order chi connectivity index (χ0) is 19.1. The van der Waals surface area contributed by atoms with Gasteiger partial charge in [0.15, 0.2) is 4.90 Å². The molecule has 1 aliphatic rings. The molecule has 0 spiro atoms. The van der Waals surface area contributed by atoms with E-state index in [1.165, 1.54) is 12.1 Å². The maximum Gasteiger partial charge on any atom is 0.339 e. The van der Waals surface area contributed by atoms with Crippen molar-refractivity contribution < 1.29 is 26.7 Å². The van der Waals surface area contributed by atoms with Crippen molar-refractivity contribution in [2.24, 2.45) is 5.14 Å². The maximum atomic E-state index is 14.1. The average Bonchev–Trinajstić information content (AvgIpc) is 2.94. The van der Waals surface area contributed by atoms with Crippen LogP contribution in [0.4, 0.5) is 8.78 Å². The van der Waals surface area contributed by atoms with Gasteiger partial charge in [-0.3, -0.25) is 0 Å². The van der Waals surface area contributed by atoms with Gasteiger partial charge in [-0.2, -0.15) is 5.26 Å². The first kappa shape index (κ1) is 17.7. The van der Waals surface area contributed by atoms with Crippen LogP contribution in [0.1, 0.15) is 16.7 Å². The largest absolute Gasteiger partial charge is 0.457 e. The summed E-state index contributed by atoms with van der Waals surface area (Å²) in [6, 6.07) is 9.54. The van der Waals surface area contributed by atoms with Crippen LogP contribution >= 0.6 is 0 Å². The van der Waals surface area contributed by atoms with Crippen LogP contribution in [0, 0.1) is 23.0 Å². The molecule has 26 heavy (non-hydrogen) atoms. The van der Waals surface area contributed by atoms with Crippen molar-refractivity contribution in [3.8, 4) is 6.07 Å². The third-order valence-electron chi connectivity index (χ3n) is 3.77. The number of halogens is 2. The summed E-state index contributed by atoms with van der Waals surface area (Å²) in [5.41, 5.74) is 0.789. The zero-order valence-corrected chi connectivity index (χ0v) is 13.8. The SMILES string of the molecule is N#Cc1cccc(C2=C(c3cc(F)c(S(N)(=O)=O)c(F)c3)COC2=O)c1. The minimum absolute atomic E-state index is 0.0456. The number of esters is 1. The molecule has 2 aromatic carbocycles. The highest BCUT2D eigenvalue weighted by atomic mass is 32.2. The molecule has 0 aromatic heterocycles. The second-order valence-electron chi connectivity index (χ2n) is 5.44. The third-order valence-corrected chi connectivity index (χ3v) is 4.72. The minimum Gasteiger partial charge on any atom is -0.457 e. The lowest BCUT2D eigenvalue weighted by molar-refractivity contribution is -0.133. The monoisotopic (exact) mass is 376 g/mol. The van der Waals surface area contributed by atoms with Gasteiger partial charge in [0.25, 0.3) is 0 Å². The molecule has 6 nitrogen and oxygen atoms in total. The van der Waals surface area contributed by atoms with E-state index >= 15 is 0 Å². The van der Waals surface area contributed by atoms with Gasteiger partial charge >= 0.3 is 5.97 Å². The minimum atomic E-state index is -4.59. The topological polar surface area (TPSA) is 110 Å². The molecule has 0 saturated carbocycles. The number of nitrogens with two attached hydrogens (primary N) is 1. The molecule has 1 aliphatic heterocycles. The van der Waals surface area contributed by atoms with Crippen LogP contribution in [-0.2, 0) is 19.6 Å². The van der Waals surface area contributed by atoms with Crippen molar-refractivity contribution in [3.05, 3.63) is 64.7 Å². The number of benzene rings is 2. The first-order valence-corrected chi connectivity index (χ1v) is 8.70. The van der Waals surface area contributed by atoms with Crippen molar-refractivity contribution in [1.29, 1.82) is 5.26 Å². The fourth-order valence-corrected chi connectivity index (χ4v) is 3.34. The molecule has 0 fully saturated rings. The van der Waals surface area contributed by atoms with Crippen LogP contribution in [0.15, 0.2) is 41.3 Å². The smallest absolute Gasteiger partial charge is 0.339 e. The van der Waals surface area contributed by atoms with E-state index in [2.05, 4.69) is 0 Å². The number of hydrogen-bond donors (Lipinski definition) is 1. The van der Waals surface area contributed by atoms with Gasteiger partial charge in [-0.15, -0.1) is 0 Å². The Kier molecular flexibility index (Phi) is 4.31. The number of ether oxygens (including phenoxy) is 1. The molecule has 0 unspecified atom stereocenters. The number of nitriles is 1. The highest BCUT2D eigenvalue weighted by molar-refractivity contribution is 7.89. The van der Waals surface area contributed by atoms with E-state index in [0.717, 1.165) is 12.1 Å². The van der Waals surface area contributed by atoms with E-state index in [4.69, 9.17) is 15.1 Å². The molecule has 0 bridgehead atoms. The lowest BCUT2D eigenvalue weighted by Gasteiger charge is -2.08. The number of hydrogen-bond acceptors (Lipinski definition) is 5. The number of carbonyl (C=O) groups is 1. The second kappa shape index (κ2) is 6.33. The fraction of sp³-hybridized carbons (Fsp3) is 0.0588. The van der Waals surface area contributed by atoms with Crippen LogP contribution in [0.25, 0.3) is 11.1 Å². The molecule has 9 heteroatoms. The van der Waals surface area contributed by atoms with Crippen LogP contribution < -0.4 is 5.14 Å². The van der Waals surface area contributed by atoms with Gasteiger partial charge in [0, 0.05) is 5.57 Å². The molecular weight excluding hydrogens is 366 g/mol. The van der Waals surface area contributed by atoms with Gasteiger partial charge in [0.2, 0.25) is 10.0 Å². The highest BCUT2D eigenvalue weighted by Gasteiger charge is 2.30. The summed E-state index contributed by atoms with van der Waals surface area (Å²) in [6.45, 7) is -0.251. The standard InChI is InChI=1S/C17H10F2N2O4S/c18-13-5-11(6-14(19)16(13)26(21,23)24)12-8-25-17(22)15(12)10-3-1-2-9(4-10)7-20/h1-6H,8H2,(H2,21,23,24). The summed E-state index contributed by atoms with van der Waals surface area (Å²) in [6.07, 6.45) is 0. The number of rotatable bonds is 3. The Morgan fingerprint density at radius 1 is 1.12 bits per heavy atom. The Bertz CT molecular complexity index is 1090. The molecule has 0 amide bonds. The first-order chi connectivity index (χ1) is 12.2. The number of carbonyl (C=O) groups excluding carboxylic acids is 1. The van der Waals surface area contributed by atoms with Crippen LogP contribution in [0.2, 0.25) is 0 Å². The van der Waals surface area contributed by atoms with Crippen molar-refractivity contribution >= 4 is 27.1 Å². The van der Waals surface area contributed by atoms with Gasteiger partial charge in [-0.05, 0) is 35.4 Å². The molecule has 132 valence electrons. The van der Waals surface area contributed by atoms with Gasteiger partial charge in [-0.25, -0.2) is 27.1 Å². The molecule has 0 atom stereocenters. The van der Waals surface area contributed by atoms with E-state index in [1.807, 2.05) is 6.07 Å². The predicted molar refractivity (Wildman–Crippen MR) is 86.7 cm³/mol. The van der Waals surface area contributed by atoms with E-state index in [-0.39, 0.29) is 28.9 Å². The lowest BCUT2D eigenvalue weighted by Crippen LogP contribution is -2.16. The van der Waals surface area contributed by atoms with Crippen molar-refractivity contribution in [1.82, 2.24) is 0 Å². The summed E-state index contributed by atoms with van der Waals surface area (Å²) in [5.74, 6) is -3.47. The lowest BCUT2D eigenvalue weighted by atomic mass is 9.95. The van der Waals surface area contributed by atoms with E-state index in [0.29, 0.717) is 5.56 Å². The number of cyclic esters (lactones) is 1. The Balaban J connectivity index is 2.22. The summed E-state index contributed by atoms with van der Waals surface area (Å²) in [5, 5.41) is 13.8. The highest BCUT2D eigenvalue weighted by Crippen LogP contribution is 2.34. The van der Waals surface area contributed by atoms with Crippen LogP contribution in [-0.4, -0.2) is 21.0 Å². The van der Waals surface area contributed by atoms with E-state index in [1.54, 1.807) is 12.1 Å². The fourth-order valence-electron chi connectivity index (χ4n) is 2.68. The van der Waals surface area contributed by atoms with Gasteiger partial charge in [-0.1, -0.05) is 12.1 Å². The Morgan fingerprint density at radius 2 is 1.77 bits per heavy atom. The van der Waals surface area contributed by atoms with Crippen molar-refractivity contribution in [2.45, 2.75) is 4.90 Å². The summed E-state index contributed by atoms with van der Waals surface area (Å²) in [7, 11) is -4.59. The van der Waals surface area contributed by atoms with Crippen LogP contribution in [0.5, 0.6) is 0 Å². The second-order valence-corrected chi connectivity index (χ2v) is 6.93. The normalized spacial score (nSPS) is 14.3. The van der Waals surface area contributed by atoms with E-state index < -0.39 is 32.5 Å². The maximum absolute atomic E-state index is 14.1. The predicted octanol–water partition coefficient (Wildman–Crippen LogP) is 1.95. The molecular formula is C17H10F2N2O4S. The van der Waals surface area contributed by atoms with Gasteiger partial charge in [0.05, 0.1) is 17.2 Å². The Labute approximate surface area is 147 Å². The number of sulfonamides is 1. The molecule has 1 heterocycles. The Hall–Kier alpha value is -3.09. The molecule has 2 N–H and O–H groups in total. The van der Waals surface area contributed by atoms with Gasteiger partial charge < -0.3 is 4.74 Å². The third kappa shape index (κ3) is 3.08.